The minimum absolute atomic E-state index is 0.00500. The molecule has 0 bridgehead atoms. The molecule has 144 valence electrons. The van der Waals surface area contributed by atoms with Gasteiger partial charge in [-0.1, -0.05) is 6.58 Å². The Morgan fingerprint density at radius 2 is 1.67 bits per heavy atom. The number of carbonyl (C=O) groups is 4. The zero-order valence-electron chi connectivity index (χ0n) is 15.7. The number of benzene rings is 1. The molecule has 0 aromatic heterocycles. The Hall–Kier alpha value is -3.42. The van der Waals surface area contributed by atoms with Gasteiger partial charge in [0.2, 0.25) is 5.91 Å². The predicted octanol–water partition coefficient (Wildman–Crippen LogP) is 0.978. The Morgan fingerprint density at radius 1 is 1.11 bits per heavy atom. The molecule has 0 atom stereocenters. The summed E-state index contributed by atoms with van der Waals surface area (Å²) in [6.07, 6.45) is 0.378. The molecule has 4 N–H and O–H groups in total. The Kier molecular flexibility index (Phi) is 7.47. The van der Waals surface area contributed by atoms with E-state index in [4.69, 9.17) is 0 Å². The maximum absolute atomic E-state index is 12.5. The molecule has 1 rings (SSSR count). The number of aryl methyl sites for hydroxylation is 2. The van der Waals surface area contributed by atoms with Gasteiger partial charge in [0.05, 0.1) is 12.2 Å². The van der Waals surface area contributed by atoms with Gasteiger partial charge in [0.15, 0.2) is 6.29 Å². The van der Waals surface area contributed by atoms with E-state index < -0.39 is 24.3 Å². The molecule has 0 fully saturated rings. The minimum atomic E-state index is -0.651. The average Bonchev–Trinajstić information content (AvgIpc) is 2.60. The number of phenols is 1. The zero-order chi connectivity index (χ0) is 20.7. The molecule has 1 aromatic carbocycles. The summed E-state index contributed by atoms with van der Waals surface area (Å²) in [4.78, 5) is 46.8. The van der Waals surface area contributed by atoms with E-state index in [2.05, 4.69) is 22.5 Å². The second-order valence-corrected chi connectivity index (χ2v) is 6.16. The second kappa shape index (κ2) is 9.33. The van der Waals surface area contributed by atoms with Gasteiger partial charge in [-0.05, 0) is 56.5 Å². The van der Waals surface area contributed by atoms with Crippen molar-refractivity contribution >= 4 is 24.0 Å². The number of allylic oxidation sites excluding steroid dienone is 2. The van der Waals surface area contributed by atoms with Crippen molar-refractivity contribution in [1.29, 1.82) is 0 Å². The summed E-state index contributed by atoms with van der Waals surface area (Å²) >= 11 is 0. The van der Waals surface area contributed by atoms with Crippen molar-refractivity contribution in [1.82, 2.24) is 16.0 Å². The molecule has 1 aromatic rings. The fourth-order valence-corrected chi connectivity index (χ4v) is 2.18. The number of aldehydes is 1. The maximum atomic E-state index is 12.5. The normalized spacial score (nSPS) is 9.78. The summed E-state index contributed by atoms with van der Waals surface area (Å²) in [5.41, 5.74) is 1.78. The standard InChI is InChI=1S/C19H23N3O5/c1-10(2)16(19(27)20-8-15(24)21-13(5)9-23)22-18(26)14-6-11(3)17(25)12(4)7-14/h6-7,9,25H,5,8H2,1-4H3,(H,20,27)(H,21,24)(H,22,26). The third-order valence-corrected chi connectivity index (χ3v) is 3.57. The average molecular weight is 373 g/mol. The van der Waals surface area contributed by atoms with Crippen LogP contribution in [0, 0.1) is 13.8 Å². The van der Waals surface area contributed by atoms with Crippen molar-refractivity contribution < 1.29 is 24.3 Å². The molecule has 8 heteroatoms. The molecule has 8 nitrogen and oxygen atoms in total. The number of phenolic OH excluding ortho intramolecular Hbond substituents is 1. The van der Waals surface area contributed by atoms with Gasteiger partial charge in [-0.3, -0.25) is 19.2 Å². The summed E-state index contributed by atoms with van der Waals surface area (Å²) in [6, 6.07) is 3.02. The van der Waals surface area contributed by atoms with E-state index in [1.807, 2.05) is 0 Å². The Morgan fingerprint density at radius 3 is 2.15 bits per heavy atom. The lowest BCUT2D eigenvalue weighted by atomic mass is 10.0. The van der Waals surface area contributed by atoms with Gasteiger partial charge in [0.25, 0.3) is 11.8 Å². The molecular formula is C19H23N3O5. The molecule has 0 saturated carbocycles. The van der Waals surface area contributed by atoms with Crippen LogP contribution in [-0.4, -0.2) is 35.7 Å². The number of aromatic hydroxyl groups is 1. The lowest BCUT2D eigenvalue weighted by Crippen LogP contribution is -2.41. The minimum Gasteiger partial charge on any atom is -0.507 e. The summed E-state index contributed by atoms with van der Waals surface area (Å²) in [5, 5.41) is 16.9. The van der Waals surface area contributed by atoms with E-state index in [1.54, 1.807) is 27.7 Å². The van der Waals surface area contributed by atoms with Gasteiger partial charge in [-0.25, -0.2) is 0 Å². The van der Waals surface area contributed by atoms with E-state index in [0.717, 1.165) is 0 Å². The number of rotatable bonds is 7. The van der Waals surface area contributed by atoms with Crippen LogP contribution in [0.1, 0.15) is 35.3 Å². The van der Waals surface area contributed by atoms with Gasteiger partial charge in [0.1, 0.15) is 11.4 Å². The molecule has 0 saturated heterocycles. The first kappa shape index (κ1) is 21.6. The third kappa shape index (κ3) is 6.10. The summed E-state index contributed by atoms with van der Waals surface area (Å²) in [7, 11) is 0. The largest absolute Gasteiger partial charge is 0.507 e. The van der Waals surface area contributed by atoms with Crippen molar-refractivity contribution in [2.45, 2.75) is 27.7 Å². The molecular weight excluding hydrogens is 350 g/mol. The molecule has 0 radical (unpaired) electrons. The predicted molar refractivity (Wildman–Crippen MR) is 99.8 cm³/mol. The zero-order valence-corrected chi connectivity index (χ0v) is 15.7. The van der Waals surface area contributed by atoms with Crippen LogP contribution < -0.4 is 16.0 Å². The first-order valence-corrected chi connectivity index (χ1v) is 8.08. The molecule has 0 unspecified atom stereocenters. The molecule has 0 aliphatic carbocycles. The summed E-state index contributed by atoms with van der Waals surface area (Å²) in [6.45, 7) is 9.51. The highest BCUT2D eigenvalue weighted by Gasteiger charge is 2.18. The topological polar surface area (TPSA) is 125 Å². The van der Waals surface area contributed by atoms with Crippen LogP contribution in [0.2, 0.25) is 0 Å². The highest BCUT2D eigenvalue weighted by Crippen LogP contribution is 2.23. The SMILES string of the molecule is C=C(C=O)NC(=O)CNC(=O)C(NC(=O)c1cc(C)c(O)c(C)c1)=C(C)C. The van der Waals surface area contributed by atoms with Gasteiger partial charge in [-0.2, -0.15) is 0 Å². The highest BCUT2D eigenvalue weighted by molar-refractivity contribution is 6.04. The Balaban J connectivity index is 2.85. The van der Waals surface area contributed by atoms with Gasteiger partial charge >= 0.3 is 0 Å². The Labute approximate surface area is 157 Å². The first-order chi connectivity index (χ1) is 12.6. The maximum Gasteiger partial charge on any atom is 0.268 e. The van der Waals surface area contributed by atoms with Crippen molar-refractivity contribution in [3.05, 3.63) is 52.4 Å². The highest BCUT2D eigenvalue weighted by atomic mass is 16.3. The van der Waals surface area contributed by atoms with Gasteiger partial charge in [-0.15, -0.1) is 0 Å². The Bertz CT molecular complexity index is 813. The van der Waals surface area contributed by atoms with Crippen molar-refractivity contribution in [3.8, 4) is 5.75 Å². The van der Waals surface area contributed by atoms with Gasteiger partial charge in [0, 0.05) is 5.56 Å². The molecule has 0 aliphatic rings. The monoisotopic (exact) mass is 373 g/mol. The van der Waals surface area contributed by atoms with E-state index in [1.165, 1.54) is 12.1 Å². The van der Waals surface area contributed by atoms with E-state index >= 15 is 0 Å². The lowest BCUT2D eigenvalue weighted by Gasteiger charge is -2.13. The van der Waals surface area contributed by atoms with E-state index in [9.17, 15) is 24.3 Å². The van der Waals surface area contributed by atoms with E-state index in [-0.39, 0.29) is 22.7 Å². The number of carbonyl (C=O) groups excluding carboxylic acids is 4. The fraction of sp³-hybridized carbons (Fsp3) is 0.263. The van der Waals surface area contributed by atoms with Crippen LogP contribution in [0.25, 0.3) is 0 Å². The lowest BCUT2D eigenvalue weighted by molar-refractivity contribution is -0.124. The third-order valence-electron chi connectivity index (χ3n) is 3.57. The fourth-order valence-electron chi connectivity index (χ4n) is 2.18. The molecule has 0 spiro atoms. The van der Waals surface area contributed by atoms with Crippen molar-refractivity contribution in [3.63, 3.8) is 0 Å². The van der Waals surface area contributed by atoms with Crippen LogP contribution in [0.5, 0.6) is 5.75 Å². The van der Waals surface area contributed by atoms with E-state index in [0.29, 0.717) is 23.0 Å². The van der Waals surface area contributed by atoms with Crippen molar-refractivity contribution in [2.75, 3.05) is 6.54 Å². The summed E-state index contributed by atoms with van der Waals surface area (Å²) in [5.74, 6) is -1.69. The molecule has 0 aliphatic heterocycles. The van der Waals surface area contributed by atoms with Crippen LogP contribution in [0.3, 0.4) is 0 Å². The smallest absolute Gasteiger partial charge is 0.268 e. The number of amides is 3. The number of hydrogen-bond acceptors (Lipinski definition) is 5. The number of nitrogens with one attached hydrogen (secondary N) is 3. The summed E-state index contributed by atoms with van der Waals surface area (Å²) < 4.78 is 0. The molecule has 0 heterocycles. The first-order valence-electron chi connectivity index (χ1n) is 8.08. The van der Waals surface area contributed by atoms with Crippen LogP contribution >= 0.6 is 0 Å². The second-order valence-electron chi connectivity index (χ2n) is 6.16. The van der Waals surface area contributed by atoms with Crippen LogP contribution in [-0.2, 0) is 14.4 Å². The molecule has 27 heavy (non-hydrogen) atoms. The van der Waals surface area contributed by atoms with Crippen molar-refractivity contribution in [2.24, 2.45) is 0 Å². The van der Waals surface area contributed by atoms with Gasteiger partial charge < -0.3 is 21.1 Å². The van der Waals surface area contributed by atoms with Crippen LogP contribution in [0.4, 0.5) is 0 Å². The number of hydrogen-bond donors (Lipinski definition) is 4. The van der Waals surface area contributed by atoms with Crippen LogP contribution in [0.15, 0.2) is 35.7 Å². The molecule has 3 amide bonds. The quantitative estimate of drug-likeness (QED) is 0.419.